The van der Waals surface area contributed by atoms with Crippen molar-refractivity contribution >= 4 is 9.24 Å². The molecule has 0 saturated heterocycles. The summed E-state index contributed by atoms with van der Waals surface area (Å²) in [5.74, 6) is 0. The summed E-state index contributed by atoms with van der Waals surface area (Å²) in [7, 11) is 4.60. The summed E-state index contributed by atoms with van der Waals surface area (Å²) < 4.78 is 0. The van der Waals surface area contributed by atoms with Crippen LogP contribution in [0.2, 0.25) is 0 Å². The van der Waals surface area contributed by atoms with Crippen LogP contribution in [-0.2, 0) is 0 Å². The maximum atomic E-state index is 4.60. The quantitative estimate of drug-likeness (QED) is 0.479. The molecule has 70 valence electrons. The molecule has 0 atom stereocenters. The maximum Gasteiger partial charge on any atom is -0.0125 e. The third-order valence-corrected chi connectivity index (χ3v) is 3.34. The van der Waals surface area contributed by atoms with Crippen molar-refractivity contribution in [2.24, 2.45) is 0 Å². The predicted molar refractivity (Wildman–Crippen MR) is 56.9 cm³/mol. The Hall–Kier alpha value is 0.430. The molecular weight excluding hydrogens is 163 g/mol. The fraction of sp³-hybridized carbons (Fsp3) is 1.00. The van der Waals surface area contributed by atoms with E-state index in [2.05, 4.69) is 9.24 Å². The Morgan fingerprint density at radius 2 is 0.917 bits per heavy atom. The van der Waals surface area contributed by atoms with Crippen LogP contribution in [0.4, 0.5) is 0 Å². The van der Waals surface area contributed by atoms with Crippen LogP contribution in [0.3, 0.4) is 0 Å². The van der Waals surface area contributed by atoms with E-state index in [0.717, 1.165) is 0 Å². The monoisotopic (exact) mass is 184 g/mol. The van der Waals surface area contributed by atoms with Gasteiger partial charge in [-0.1, -0.05) is 51.4 Å². The Kier molecular flexibility index (Phi) is 6.04. The lowest BCUT2D eigenvalue weighted by Crippen LogP contribution is -1.96. The molecule has 0 spiro atoms. The minimum atomic E-state index is 0.697. The molecule has 0 heterocycles. The lowest BCUT2D eigenvalue weighted by atomic mass is 10.1. The highest BCUT2D eigenvalue weighted by Crippen LogP contribution is 2.21. The standard InChI is InChI=1S/C11H21P/c12-11-9-7-5-3-1-2-4-6-8-10-11/h11H,1-10H2. The highest BCUT2D eigenvalue weighted by atomic mass is 31.0. The zero-order valence-corrected chi connectivity index (χ0v) is 8.99. The summed E-state index contributed by atoms with van der Waals surface area (Å²) in [6.45, 7) is 0. The highest BCUT2D eigenvalue weighted by Gasteiger charge is 2.04. The molecule has 0 amide bonds. The summed E-state index contributed by atoms with van der Waals surface area (Å²) in [4.78, 5) is 0. The third-order valence-electron chi connectivity index (χ3n) is 2.82. The van der Waals surface area contributed by atoms with Gasteiger partial charge in [0.1, 0.15) is 0 Å². The fourth-order valence-corrected chi connectivity index (χ4v) is 2.33. The molecule has 1 aliphatic carbocycles. The van der Waals surface area contributed by atoms with Crippen LogP contribution in [0.25, 0.3) is 0 Å². The van der Waals surface area contributed by atoms with Crippen molar-refractivity contribution in [3.05, 3.63) is 0 Å². The number of rotatable bonds is 0. The van der Waals surface area contributed by atoms with Crippen molar-refractivity contribution in [3.63, 3.8) is 0 Å². The average molecular weight is 184 g/mol. The van der Waals surface area contributed by atoms with E-state index in [1.54, 1.807) is 0 Å². The molecule has 1 rings (SSSR count). The average Bonchev–Trinajstić information content (AvgIpc) is 2.11. The molecule has 1 fully saturated rings. The zero-order chi connectivity index (χ0) is 8.65. The van der Waals surface area contributed by atoms with Crippen molar-refractivity contribution in [2.75, 3.05) is 0 Å². The molecule has 0 aromatic rings. The van der Waals surface area contributed by atoms with Gasteiger partial charge >= 0.3 is 0 Å². The number of hydrogen-bond acceptors (Lipinski definition) is 0. The van der Waals surface area contributed by atoms with E-state index in [-0.39, 0.29) is 0 Å². The molecule has 0 bridgehead atoms. The van der Waals surface area contributed by atoms with Crippen LogP contribution < -0.4 is 0 Å². The normalized spacial score (nSPS) is 24.8. The van der Waals surface area contributed by atoms with Gasteiger partial charge in [-0.3, -0.25) is 0 Å². The van der Waals surface area contributed by atoms with E-state index in [9.17, 15) is 0 Å². The van der Waals surface area contributed by atoms with Crippen molar-refractivity contribution < 1.29 is 0 Å². The second-order valence-electron chi connectivity index (χ2n) is 4.06. The van der Waals surface area contributed by atoms with Crippen LogP contribution in [0.5, 0.6) is 0 Å². The molecule has 0 N–H and O–H groups in total. The van der Waals surface area contributed by atoms with Gasteiger partial charge in [-0.15, -0.1) is 0 Å². The lowest BCUT2D eigenvalue weighted by molar-refractivity contribution is 0.585. The Morgan fingerprint density at radius 3 is 1.33 bits per heavy atom. The second-order valence-corrected chi connectivity index (χ2v) is 4.79. The largest absolute Gasteiger partial charge is 0.0533 e. The first-order valence-corrected chi connectivity index (χ1v) is 6.09. The van der Waals surface area contributed by atoms with Crippen molar-refractivity contribution in [1.29, 1.82) is 0 Å². The molecule has 0 aromatic heterocycles. The lowest BCUT2D eigenvalue weighted by Gasteiger charge is -2.07. The molecule has 0 aromatic carbocycles. The van der Waals surface area contributed by atoms with Crippen molar-refractivity contribution in [3.8, 4) is 0 Å². The van der Waals surface area contributed by atoms with Crippen LogP contribution in [0.1, 0.15) is 64.2 Å². The van der Waals surface area contributed by atoms with Gasteiger partial charge in [0.05, 0.1) is 0 Å². The van der Waals surface area contributed by atoms with Gasteiger partial charge in [0.15, 0.2) is 0 Å². The third kappa shape index (κ3) is 5.14. The summed E-state index contributed by atoms with van der Waals surface area (Å²) in [6.07, 6.45) is 14.3. The van der Waals surface area contributed by atoms with Gasteiger partial charge in [-0.2, -0.15) is 0 Å². The first kappa shape index (κ1) is 10.5. The Bertz CT molecular complexity index is 89.2. The Morgan fingerprint density at radius 1 is 0.583 bits per heavy atom. The topological polar surface area (TPSA) is 0 Å². The SMILES string of the molecule is [P]C1CCCCCCCCCC1. The fourth-order valence-electron chi connectivity index (χ4n) is 1.96. The van der Waals surface area contributed by atoms with E-state index >= 15 is 0 Å². The van der Waals surface area contributed by atoms with Gasteiger partial charge in [0.2, 0.25) is 0 Å². The van der Waals surface area contributed by atoms with Gasteiger partial charge in [-0.25, -0.2) is 0 Å². The first-order valence-electron chi connectivity index (χ1n) is 5.57. The summed E-state index contributed by atoms with van der Waals surface area (Å²) in [6, 6.07) is 0. The predicted octanol–water partition coefficient (Wildman–Crippen LogP) is 4.68. The van der Waals surface area contributed by atoms with E-state index in [1.807, 2.05) is 0 Å². The van der Waals surface area contributed by atoms with Gasteiger partial charge < -0.3 is 0 Å². The summed E-state index contributed by atoms with van der Waals surface area (Å²) in [5, 5.41) is 0. The highest BCUT2D eigenvalue weighted by molar-refractivity contribution is 7.17. The van der Waals surface area contributed by atoms with Gasteiger partial charge in [0.25, 0.3) is 0 Å². The maximum absolute atomic E-state index is 4.60. The van der Waals surface area contributed by atoms with Gasteiger partial charge in [0, 0.05) is 0 Å². The second kappa shape index (κ2) is 6.89. The number of hydrogen-bond donors (Lipinski definition) is 0. The van der Waals surface area contributed by atoms with E-state index in [0.29, 0.717) is 5.66 Å². The molecule has 1 aliphatic rings. The molecule has 0 aliphatic heterocycles. The molecule has 1 saturated carbocycles. The minimum absolute atomic E-state index is 0.697. The van der Waals surface area contributed by atoms with Crippen molar-refractivity contribution in [2.45, 2.75) is 69.9 Å². The van der Waals surface area contributed by atoms with E-state index in [4.69, 9.17) is 0 Å². The molecule has 0 nitrogen and oxygen atoms in total. The molecular formula is C11H21P. The minimum Gasteiger partial charge on any atom is -0.0533 e. The van der Waals surface area contributed by atoms with Crippen molar-refractivity contribution in [1.82, 2.24) is 0 Å². The first-order chi connectivity index (χ1) is 5.89. The van der Waals surface area contributed by atoms with Crippen LogP contribution in [0, 0.1) is 0 Å². The molecule has 1 heteroatoms. The van der Waals surface area contributed by atoms with Crippen LogP contribution >= 0.6 is 9.24 Å². The smallest absolute Gasteiger partial charge is 0.0125 e. The Labute approximate surface area is 79.7 Å². The van der Waals surface area contributed by atoms with Gasteiger partial charge in [-0.05, 0) is 27.7 Å². The molecule has 12 heavy (non-hydrogen) atoms. The van der Waals surface area contributed by atoms with E-state index in [1.165, 1.54) is 64.2 Å². The Balaban J connectivity index is 2.13. The van der Waals surface area contributed by atoms with Crippen LogP contribution in [0.15, 0.2) is 0 Å². The molecule has 2 radical (unpaired) electrons. The molecule has 0 unspecified atom stereocenters. The van der Waals surface area contributed by atoms with E-state index < -0.39 is 0 Å². The zero-order valence-electron chi connectivity index (χ0n) is 8.10. The summed E-state index contributed by atoms with van der Waals surface area (Å²) >= 11 is 0. The summed E-state index contributed by atoms with van der Waals surface area (Å²) in [5.41, 5.74) is 0.697. The van der Waals surface area contributed by atoms with Crippen LogP contribution in [-0.4, -0.2) is 5.66 Å².